The predicted molar refractivity (Wildman–Crippen MR) is 116 cm³/mol. The number of aromatic nitrogens is 2. The van der Waals surface area contributed by atoms with E-state index in [9.17, 15) is 13.2 Å². The summed E-state index contributed by atoms with van der Waals surface area (Å²) in [6.45, 7) is 6.38. The minimum Gasteiger partial charge on any atom is -0.354 e. The van der Waals surface area contributed by atoms with Crippen molar-refractivity contribution in [2.24, 2.45) is 0 Å². The van der Waals surface area contributed by atoms with Crippen LogP contribution in [0.1, 0.15) is 25.1 Å². The number of benzene rings is 1. The van der Waals surface area contributed by atoms with Crippen LogP contribution in [-0.2, 0) is 27.6 Å². The molecule has 0 aliphatic carbocycles. The van der Waals surface area contributed by atoms with Gasteiger partial charge >= 0.3 is 0 Å². The summed E-state index contributed by atoms with van der Waals surface area (Å²) in [4.78, 5) is 13.6. The van der Waals surface area contributed by atoms with Crippen molar-refractivity contribution < 1.29 is 13.2 Å². The van der Waals surface area contributed by atoms with E-state index in [1.54, 1.807) is 49.4 Å². The van der Waals surface area contributed by atoms with Gasteiger partial charge < -0.3 is 5.32 Å². The zero-order valence-corrected chi connectivity index (χ0v) is 18.4. The maximum Gasteiger partial charge on any atom is 0.224 e. The van der Waals surface area contributed by atoms with Crippen molar-refractivity contribution in [1.82, 2.24) is 15.1 Å². The summed E-state index contributed by atoms with van der Waals surface area (Å²) in [7, 11) is -3.29. The molecule has 3 aromatic rings. The Kier molecular flexibility index (Phi) is 6.54. The van der Waals surface area contributed by atoms with Crippen molar-refractivity contribution in [3.63, 3.8) is 0 Å². The van der Waals surface area contributed by atoms with E-state index in [0.717, 1.165) is 21.8 Å². The normalized spacial score (nSPS) is 11.7. The number of thiophene rings is 1. The van der Waals surface area contributed by atoms with Crippen LogP contribution in [0.2, 0.25) is 0 Å². The molecule has 6 nitrogen and oxygen atoms in total. The molecule has 2 aromatic heterocycles. The minimum atomic E-state index is -3.29. The topological polar surface area (TPSA) is 81.1 Å². The van der Waals surface area contributed by atoms with E-state index in [1.165, 1.54) is 0 Å². The molecule has 2 heterocycles. The second-order valence-electron chi connectivity index (χ2n) is 7.14. The number of hydrogen-bond donors (Lipinski definition) is 1. The van der Waals surface area contributed by atoms with Crippen LogP contribution < -0.4 is 5.32 Å². The van der Waals surface area contributed by atoms with Gasteiger partial charge in [0.2, 0.25) is 5.91 Å². The fraction of sp³-hybridized carbons (Fsp3) is 0.333. The summed E-state index contributed by atoms with van der Waals surface area (Å²) in [5, 5.41) is 9.05. The summed E-state index contributed by atoms with van der Waals surface area (Å²) in [6, 6.07) is 12.6. The maximum absolute atomic E-state index is 12.2. The Bertz CT molecular complexity index is 1070. The lowest BCUT2D eigenvalue weighted by molar-refractivity contribution is -0.120. The first kappa shape index (κ1) is 21.3. The van der Waals surface area contributed by atoms with E-state index in [-0.39, 0.29) is 17.2 Å². The minimum absolute atomic E-state index is 0.104. The second kappa shape index (κ2) is 8.92. The number of carbonyl (C=O) groups excluding carboxylic acids is 1. The number of amides is 1. The molecule has 8 heteroatoms. The van der Waals surface area contributed by atoms with Crippen LogP contribution in [0.15, 0.2) is 52.7 Å². The van der Waals surface area contributed by atoms with Crippen molar-refractivity contribution in [2.45, 2.75) is 43.9 Å². The number of hydrogen-bond acceptors (Lipinski definition) is 5. The van der Waals surface area contributed by atoms with Crippen LogP contribution in [-0.4, -0.2) is 35.9 Å². The third-order valence-electron chi connectivity index (χ3n) is 4.64. The standard InChI is InChI=1S/C21H25N3O3S2/c1-15(2)29(26,27)18-8-6-17(7-9-18)14-21(25)22-10-11-24-16(3)13-19(23-24)20-5-4-12-28-20/h4-9,12-13,15H,10-11,14H2,1-3H3,(H,22,25). The van der Waals surface area contributed by atoms with Gasteiger partial charge in [-0.15, -0.1) is 11.3 Å². The zero-order chi connectivity index (χ0) is 21.0. The van der Waals surface area contributed by atoms with Crippen LogP contribution in [0.3, 0.4) is 0 Å². The van der Waals surface area contributed by atoms with Gasteiger partial charge in [-0.1, -0.05) is 18.2 Å². The quantitative estimate of drug-likeness (QED) is 0.592. The monoisotopic (exact) mass is 431 g/mol. The average Bonchev–Trinajstić information content (AvgIpc) is 3.32. The first-order valence-electron chi connectivity index (χ1n) is 9.45. The molecular formula is C21H25N3O3S2. The molecule has 0 saturated carbocycles. The van der Waals surface area contributed by atoms with Crippen LogP contribution in [0, 0.1) is 6.92 Å². The molecule has 0 saturated heterocycles. The molecule has 29 heavy (non-hydrogen) atoms. The Morgan fingerprint density at radius 3 is 2.55 bits per heavy atom. The highest BCUT2D eigenvalue weighted by atomic mass is 32.2. The van der Waals surface area contributed by atoms with E-state index in [0.29, 0.717) is 13.1 Å². The number of carbonyl (C=O) groups is 1. The van der Waals surface area contributed by atoms with E-state index >= 15 is 0 Å². The largest absolute Gasteiger partial charge is 0.354 e. The molecule has 0 fully saturated rings. The Balaban J connectivity index is 1.52. The molecule has 1 aromatic carbocycles. The summed E-state index contributed by atoms with van der Waals surface area (Å²) < 4.78 is 26.2. The van der Waals surface area contributed by atoms with Crippen LogP contribution in [0.25, 0.3) is 10.6 Å². The lowest BCUT2D eigenvalue weighted by Gasteiger charge is -2.09. The van der Waals surface area contributed by atoms with Gasteiger partial charge in [-0.2, -0.15) is 5.10 Å². The van der Waals surface area contributed by atoms with E-state index in [2.05, 4.69) is 10.4 Å². The molecule has 0 aliphatic rings. The fourth-order valence-electron chi connectivity index (χ4n) is 2.90. The van der Waals surface area contributed by atoms with Gasteiger partial charge in [0.25, 0.3) is 0 Å². The molecule has 0 aliphatic heterocycles. The molecule has 0 atom stereocenters. The smallest absolute Gasteiger partial charge is 0.224 e. The second-order valence-corrected chi connectivity index (χ2v) is 10.6. The Morgan fingerprint density at radius 1 is 1.21 bits per heavy atom. The van der Waals surface area contributed by atoms with Gasteiger partial charge in [0, 0.05) is 12.2 Å². The first-order valence-corrected chi connectivity index (χ1v) is 11.9. The Morgan fingerprint density at radius 2 is 1.93 bits per heavy atom. The number of nitrogens with zero attached hydrogens (tertiary/aromatic N) is 2. The number of aryl methyl sites for hydroxylation is 1. The lowest BCUT2D eigenvalue weighted by Crippen LogP contribution is -2.29. The SMILES string of the molecule is Cc1cc(-c2cccs2)nn1CCNC(=O)Cc1ccc(S(=O)(=O)C(C)C)cc1. The molecule has 0 spiro atoms. The zero-order valence-electron chi connectivity index (χ0n) is 16.8. The van der Waals surface area contributed by atoms with Gasteiger partial charge in [0.1, 0.15) is 5.69 Å². The number of rotatable bonds is 8. The van der Waals surface area contributed by atoms with Crippen molar-refractivity contribution in [3.05, 3.63) is 59.1 Å². The lowest BCUT2D eigenvalue weighted by atomic mass is 10.1. The summed E-state index contributed by atoms with van der Waals surface area (Å²) in [5.41, 5.74) is 2.77. The number of sulfone groups is 1. The summed E-state index contributed by atoms with van der Waals surface area (Å²) in [5.74, 6) is -0.104. The van der Waals surface area contributed by atoms with E-state index in [4.69, 9.17) is 0 Å². The van der Waals surface area contributed by atoms with Gasteiger partial charge in [-0.05, 0) is 56.0 Å². The molecule has 1 amide bonds. The average molecular weight is 432 g/mol. The van der Waals surface area contributed by atoms with Crippen molar-refractivity contribution in [2.75, 3.05) is 6.54 Å². The predicted octanol–water partition coefficient (Wildman–Crippen LogP) is 3.46. The molecule has 0 unspecified atom stereocenters. The molecule has 0 bridgehead atoms. The summed E-state index contributed by atoms with van der Waals surface area (Å²) in [6.07, 6.45) is 0.209. The Labute approximate surface area is 175 Å². The van der Waals surface area contributed by atoms with Crippen molar-refractivity contribution in [3.8, 4) is 10.6 Å². The van der Waals surface area contributed by atoms with Crippen LogP contribution >= 0.6 is 11.3 Å². The maximum atomic E-state index is 12.2. The van der Waals surface area contributed by atoms with Gasteiger partial charge in [-0.3, -0.25) is 9.48 Å². The summed E-state index contributed by atoms with van der Waals surface area (Å²) >= 11 is 1.65. The van der Waals surface area contributed by atoms with E-state index < -0.39 is 15.1 Å². The van der Waals surface area contributed by atoms with Crippen LogP contribution in [0.5, 0.6) is 0 Å². The highest BCUT2D eigenvalue weighted by Gasteiger charge is 2.18. The van der Waals surface area contributed by atoms with Gasteiger partial charge in [-0.25, -0.2) is 8.42 Å². The highest BCUT2D eigenvalue weighted by Crippen LogP contribution is 2.23. The van der Waals surface area contributed by atoms with Gasteiger partial charge in [0.15, 0.2) is 9.84 Å². The third kappa shape index (κ3) is 5.13. The van der Waals surface area contributed by atoms with Crippen molar-refractivity contribution in [1.29, 1.82) is 0 Å². The Hall–Kier alpha value is -2.45. The molecule has 1 N–H and O–H groups in total. The third-order valence-corrected chi connectivity index (χ3v) is 7.70. The fourth-order valence-corrected chi connectivity index (χ4v) is 4.64. The first-order chi connectivity index (χ1) is 13.8. The molecule has 0 radical (unpaired) electrons. The van der Waals surface area contributed by atoms with Crippen LogP contribution in [0.4, 0.5) is 0 Å². The highest BCUT2D eigenvalue weighted by molar-refractivity contribution is 7.92. The van der Waals surface area contributed by atoms with E-state index in [1.807, 2.05) is 35.2 Å². The molecular weight excluding hydrogens is 406 g/mol. The number of nitrogens with one attached hydrogen (secondary N) is 1. The molecule has 3 rings (SSSR count). The van der Waals surface area contributed by atoms with Crippen molar-refractivity contribution >= 4 is 27.1 Å². The van der Waals surface area contributed by atoms with Gasteiger partial charge in [0.05, 0.1) is 28.0 Å². The molecule has 154 valence electrons.